The van der Waals surface area contributed by atoms with Crippen molar-refractivity contribution >= 4 is 0 Å². The zero-order valence-electron chi connectivity index (χ0n) is 14.3. The number of rotatable bonds is 3. The Morgan fingerprint density at radius 1 is 0.400 bits per heavy atom. The molecule has 0 heteroatoms. The summed E-state index contributed by atoms with van der Waals surface area (Å²) in [5.41, 5.74) is 8.85. The molecular weight excluding hydrogens is 300 g/mol. The Bertz CT molecular complexity index is 965. The van der Waals surface area contributed by atoms with E-state index in [0.717, 1.165) is 0 Å². The summed E-state index contributed by atoms with van der Waals surface area (Å²) >= 11 is 0. The number of aryl methyl sites for hydroxylation is 1. The minimum Gasteiger partial charge on any atom is -0.0622 e. The first-order valence-corrected chi connectivity index (χ1v) is 8.63. The Kier molecular flexibility index (Phi) is 4.18. The van der Waals surface area contributed by atoms with E-state index in [1.165, 1.54) is 38.9 Å². The Morgan fingerprint density at radius 3 is 1.52 bits per heavy atom. The zero-order chi connectivity index (χ0) is 17.1. The molecule has 0 saturated heterocycles. The Balaban J connectivity index is 1.78. The van der Waals surface area contributed by atoms with Crippen molar-refractivity contribution in [2.24, 2.45) is 0 Å². The quantitative estimate of drug-likeness (QED) is 0.381. The Morgan fingerprint density at radius 2 is 0.880 bits per heavy atom. The van der Waals surface area contributed by atoms with E-state index in [1.54, 1.807) is 0 Å². The van der Waals surface area contributed by atoms with Crippen LogP contribution in [-0.2, 0) is 0 Å². The van der Waals surface area contributed by atoms with E-state index in [0.29, 0.717) is 0 Å². The summed E-state index contributed by atoms with van der Waals surface area (Å²) in [7, 11) is 0. The SMILES string of the molecule is Cc1ccc(-c2ccc(-c3ccccc3)cc2)c(-c2ccccc2)c1. The highest BCUT2D eigenvalue weighted by Crippen LogP contribution is 2.34. The summed E-state index contributed by atoms with van der Waals surface area (Å²) < 4.78 is 0. The summed E-state index contributed by atoms with van der Waals surface area (Å²) in [6, 6.07) is 36.7. The number of hydrogen-bond donors (Lipinski definition) is 0. The molecule has 0 nitrogen and oxygen atoms in total. The highest BCUT2D eigenvalue weighted by atomic mass is 14.1. The van der Waals surface area contributed by atoms with Gasteiger partial charge in [0.15, 0.2) is 0 Å². The van der Waals surface area contributed by atoms with Gasteiger partial charge < -0.3 is 0 Å². The van der Waals surface area contributed by atoms with Crippen LogP contribution in [0.3, 0.4) is 0 Å². The van der Waals surface area contributed by atoms with Crippen molar-refractivity contribution in [1.29, 1.82) is 0 Å². The van der Waals surface area contributed by atoms with Crippen LogP contribution in [-0.4, -0.2) is 0 Å². The normalized spacial score (nSPS) is 10.6. The summed E-state index contributed by atoms with van der Waals surface area (Å²) in [5, 5.41) is 0. The van der Waals surface area contributed by atoms with Crippen LogP contribution in [0.2, 0.25) is 0 Å². The van der Waals surface area contributed by atoms with Gasteiger partial charge in [-0.2, -0.15) is 0 Å². The van der Waals surface area contributed by atoms with Gasteiger partial charge in [-0.05, 0) is 40.3 Å². The molecule has 0 saturated carbocycles. The van der Waals surface area contributed by atoms with Crippen molar-refractivity contribution in [3.05, 3.63) is 109 Å². The average molecular weight is 320 g/mol. The number of hydrogen-bond acceptors (Lipinski definition) is 0. The molecule has 0 radical (unpaired) electrons. The van der Waals surface area contributed by atoms with Crippen LogP contribution in [0.25, 0.3) is 33.4 Å². The molecule has 25 heavy (non-hydrogen) atoms. The van der Waals surface area contributed by atoms with Crippen molar-refractivity contribution in [3.63, 3.8) is 0 Å². The van der Waals surface area contributed by atoms with Crippen molar-refractivity contribution < 1.29 is 0 Å². The highest BCUT2D eigenvalue weighted by Gasteiger charge is 2.08. The van der Waals surface area contributed by atoms with Crippen LogP contribution in [0, 0.1) is 6.92 Å². The second-order valence-electron chi connectivity index (χ2n) is 6.36. The predicted molar refractivity (Wildman–Crippen MR) is 107 cm³/mol. The van der Waals surface area contributed by atoms with Crippen LogP contribution in [0.5, 0.6) is 0 Å². The second kappa shape index (κ2) is 6.78. The Labute approximate surface area is 149 Å². The van der Waals surface area contributed by atoms with Gasteiger partial charge in [0, 0.05) is 0 Å². The van der Waals surface area contributed by atoms with E-state index >= 15 is 0 Å². The maximum absolute atomic E-state index is 2.27. The van der Waals surface area contributed by atoms with Crippen LogP contribution >= 0.6 is 0 Å². The third kappa shape index (κ3) is 3.25. The fourth-order valence-electron chi connectivity index (χ4n) is 3.24. The van der Waals surface area contributed by atoms with E-state index in [4.69, 9.17) is 0 Å². The monoisotopic (exact) mass is 320 g/mol. The molecule has 0 heterocycles. The molecule has 0 fully saturated rings. The van der Waals surface area contributed by atoms with Crippen LogP contribution in [0.15, 0.2) is 103 Å². The lowest BCUT2D eigenvalue weighted by Gasteiger charge is -2.12. The fourth-order valence-corrected chi connectivity index (χ4v) is 3.24. The summed E-state index contributed by atoms with van der Waals surface area (Å²) in [5.74, 6) is 0. The van der Waals surface area contributed by atoms with Gasteiger partial charge in [-0.25, -0.2) is 0 Å². The third-order valence-electron chi connectivity index (χ3n) is 4.56. The lowest BCUT2D eigenvalue weighted by atomic mass is 9.92. The van der Waals surface area contributed by atoms with E-state index in [9.17, 15) is 0 Å². The molecule has 0 aliphatic carbocycles. The van der Waals surface area contributed by atoms with E-state index in [2.05, 4.69) is 110 Å². The molecule has 0 bridgehead atoms. The van der Waals surface area contributed by atoms with Gasteiger partial charge in [-0.3, -0.25) is 0 Å². The van der Waals surface area contributed by atoms with E-state index < -0.39 is 0 Å². The molecule has 0 aliphatic heterocycles. The highest BCUT2D eigenvalue weighted by molar-refractivity contribution is 5.84. The molecule has 0 amide bonds. The smallest absolute Gasteiger partial charge is 0.0103 e. The first-order valence-electron chi connectivity index (χ1n) is 8.63. The standard InChI is InChI=1S/C25H20/c1-19-12-17-24(25(18-19)22-10-6-3-7-11-22)23-15-13-21(14-16-23)20-8-4-2-5-9-20/h2-18H,1H3. The molecule has 0 unspecified atom stereocenters. The zero-order valence-corrected chi connectivity index (χ0v) is 14.3. The Hall–Kier alpha value is -3.12. The lowest BCUT2D eigenvalue weighted by molar-refractivity contribution is 1.46. The topological polar surface area (TPSA) is 0 Å². The van der Waals surface area contributed by atoms with Crippen LogP contribution < -0.4 is 0 Å². The van der Waals surface area contributed by atoms with E-state index in [1.807, 2.05) is 0 Å². The van der Waals surface area contributed by atoms with Gasteiger partial charge in [0.2, 0.25) is 0 Å². The summed E-state index contributed by atoms with van der Waals surface area (Å²) in [6.07, 6.45) is 0. The second-order valence-corrected chi connectivity index (χ2v) is 6.36. The van der Waals surface area contributed by atoms with E-state index in [-0.39, 0.29) is 0 Å². The van der Waals surface area contributed by atoms with Gasteiger partial charge in [-0.15, -0.1) is 0 Å². The molecule has 4 aromatic rings. The molecule has 4 aromatic carbocycles. The molecule has 0 spiro atoms. The molecule has 0 N–H and O–H groups in total. The maximum Gasteiger partial charge on any atom is -0.0103 e. The van der Waals surface area contributed by atoms with Crippen LogP contribution in [0.4, 0.5) is 0 Å². The van der Waals surface area contributed by atoms with Crippen molar-refractivity contribution in [3.8, 4) is 33.4 Å². The predicted octanol–water partition coefficient (Wildman–Crippen LogP) is 7.00. The average Bonchev–Trinajstić information content (AvgIpc) is 2.69. The fraction of sp³-hybridized carbons (Fsp3) is 0.0400. The molecule has 120 valence electrons. The molecule has 0 atom stereocenters. The van der Waals surface area contributed by atoms with Gasteiger partial charge in [0.05, 0.1) is 0 Å². The molecule has 0 aliphatic rings. The molecule has 0 aromatic heterocycles. The third-order valence-corrected chi connectivity index (χ3v) is 4.56. The van der Waals surface area contributed by atoms with Crippen molar-refractivity contribution in [2.45, 2.75) is 6.92 Å². The largest absolute Gasteiger partial charge is 0.0622 e. The first-order chi connectivity index (χ1) is 12.3. The van der Waals surface area contributed by atoms with Crippen molar-refractivity contribution in [1.82, 2.24) is 0 Å². The van der Waals surface area contributed by atoms with Crippen LogP contribution in [0.1, 0.15) is 5.56 Å². The van der Waals surface area contributed by atoms with Crippen molar-refractivity contribution in [2.75, 3.05) is 0 Å². The van der Waals surface area contributed by atoms with Gasteiger partial charge in [-0.1, -0.05) is 109 Å². The summed E-state index contributed by atoms with van der Waals surface area (Å²) in [6.45, 7) is 2.15. The van der Waals surface area contributed by atoms with Gasteiger partial charge in [0.25, 0.3) is 0 Å². The molecule has 4 rings (SSSR count). The minimum absolute atomic E-state index is 1.25. The minimum atomic E-state index is 1.25. The lowest BCUT2D eigenvalue weighted by Crippen LogP contribution is -1.87. The summed E-state index contributed by atoms with van der Waals surface area (Å²) in [4.78, 5) is 0. The van der Waals surface area contributed by atoms with Gasteiger partial charge in [0.1, 0.15) is 0 Å². The van der Waals surface area contributed by atoms with Gasteiger partial charge >= 0.3 is 0 Å². The first kappa shape index (κ1) is 15.4. The maximum atomic E-state index is 2.27. The molecular formula is C25H20. The number of benzene rings is 4.